The number of benzene rings is 1. The Morgan fingerprint density at radius 1 is 1.17 bits per heavy atom. The van der Waals surface area contributed by atoms with E-state index in [1.54, 1.807) is 0 Å². The van der Waals surface area contributed by atoms with Crippen LogP contribution in [0.25, 0.3) is 0 Å². The molecule has 4 nitrogen and oxygen atoms in total. The van der Waals surface area contributed by atoms with Crippen LogP contribution in [-0.4, -0.2) is 29.8 Å². The van der Waals surface area contributed by atoms with Crippen molar-refractivity contribution in [1.29, 1.82) is 0 Å². The summed E-state index contributed by atoms with van der Waals surface area (Å²) in [6.45, 7) is 0.319. The summed E-state index contributed by atoms with van der Waals surface area (Å²) in [7, 11) is 0. The van der Waals surface area contributed by atoms with Crippen LogP contribution in [0.5, 0.6) is 0 Å². The fourth-order valence-electron chi connectivity index (χ4n) is 2.68. The van der Waals surface area contributed by atoms with Crippen molar-refractivity contribution in [3.8, 4) is 0 Å². The Labute approximate surface area is 133 Å². The van der Waals surface area contributed by atoms with Crippen LogP contribution in [-0.2, 0) is 12.6 Å². The van der Waals surface area contributed by atoms with Crippen LogP contribution in [0.4, 0.5) is 18.0 Å². The van der Waals surface area contributed by atoms with Crippen molar-refractivity contribution in [3.05, 3.63) is 35.4 Å². The van der Waals surface area contributed by atoms with Gasteiger partial charge in [0.1, 0.15) is 0 Å². The van der Waals surface area contributed by atoms with Crippen molar-refractivity contribution in [2.24, 2.45) is 0 Å². The van der Waals surface area contributed by atoms with Crippen molar-refractivity contribution < 1.29 is 23.1 Å². The summed E-state index contributed by atoms with van der Waals surface area (Å²) in [4.78, 5) is 11.8. The molecule has 1 fully saturated rings. The highest BCUT2D eigenvalue weighted by molar-refractivity contribution is 5.74. The summed E-state index contributed by atoms with van der Waals surface area (Å²) in [5, 5.41) is 15.2. The molecule has 3 N–H and O–H groups in total. The van der Waals surface area contributed by atoms with E-state index in [9.17, 15) is 23.1 Å². The lowest BCUT2D eigenvalue weighted by atomic mass is 9.93. The van der Waals surface area contributed by atoms with Crippen LogP contribution in [0.1, 0.15) is 36.8 Å². The second-order valence-electron chi connectivity index (χ2n) is 5.80. The zero-order valence-corrected chi connectivity index (χ0v) is 12.7. The number of halogens is 3. The van der Waals surface area contributed by atoms with E-state index in [-0.39, 0.29) is 12.1 Å². The van der Waals surface area contributed by atoms with Crippen LogP contribution in [0.2, 0.25) is 0 Å². The Morgan fingerprint density at radius 3 is 2.43 bits per heavy atom. The van der Waals surface area contributed by atoms with E-state index in [2.05, 4.69) is 10.6 Å². The molecule has 7 heteroatoms. The molecule has 128 valence electrons. The second kappa shape index (κ2) is 7.68. The largest absolute Gasteiger partial charge is 0.416 e. The zero-order valence-electron chi connectivity index (χ0n) is 12.7. The minimum Gasteiger partial charge on any atom is -0.391 e. The molecule has 1 aliphatic rings. The van der Waals surface area contributed by atoms with Gasteiger partial charge in [0.05, 0.1) is 17.7 Å². The highest BCUT2D eigenvalue weighted by atomic mass is 19.4. The number of aliphatic hydroxyl groups excluding tert-OH is 1. The Hall–Kier alpha value is -1.76. The molecule has 1 aliphatic carbocycles. The summed E-state index contributed by atoms with van der Waals surface area (Å²) in [5.74, 6) is 0. The number of amides is 2. The summed E-state index contributed by atoms with van der Waals surface area (Å²) < 4.78 is 37.3. The number of hydrogen-bond donors (Lipinski definition) is 3. The maximum Gasteiger partial charge on any atom is 0.416 e. The predicted octanol–water partition coefficient (Wildman–Crippen LogP) is 2.85. The van der Waals surface area contributed by atoms with Crippen LogP contribution in [0.3, 0.4) is 0 Å². The first-order valence-electron chi connectivity index (χ1n) is 7.75. The van der Waals surface area contributed by atoms with Gasteiger partial charge >= 0.3 is 12.2 Å². The van der Waals surface area contributed by atoms with Crippen molar-refractivity contribution in [3.63, 3.8) is 0 Å². The summed E-state index contributed by atoms with van der Waals surface area (Å²) in [5.41, 5.74) is 0.0363. The normalized spacial score (nSPS) is 21.7. The molecule has 23 heavy (non-hydrogen) atoms. The number of nitrogens with one attached hydrogen (secondary N) is 2. The third-order valence-electron chi connectivity index (χ3n) is 4.03. The van der Waals surface area contributed by atoms with Gasteiger partial charge in [-0.25, -0.2) is 4.79 Å². The molecule has 1 aromatic carbocycles. The first-order valence-corrected chi connectivity index (χ1v) is 7.75. The highest BCUT2D eigenvalue weighted by Gasteiger charge is 2.29. The van der Waals surface area contributed by atoms with Gasteiger partial charge in [0.2, 0.25) is 0 Å². The highest BCUT2D eigenvalue weighted by Crippen LogP contribution is 2.29. The van der Waals surface area contributed by atoms with Gasteiger partial charge in [-0.3, -0.25) is 0 Å². The molecule has 2 unspecified atom stereocenters. The quantitative estimate of drug-likeness (QED) is 0.795. The molecule has 2 amide bonds. The SMILES string of the molecule is O=C(NCCc1ccc(C(F)(F)F)cc1)NC1CCCCC1O. The second-order valence-corrected chi connectivity index (χ2v) is 5.80. The van der Waals surface area contributed by atoms with E-state index in [4.69, 9.17) is 0 Å². The number of carbonyl (C=O) groups is 1. The summed E-state index contributed by atoms with van der Waals surface area (Å²) in [6.07, 6.45) is -1.01. The smallest absolute Gasteiger partial charge is 0.391 e. The minimum atomic E-state index is -4.34. The molecule has 0 radical (unpaired) electrons. The monoisotopic (exact) mass is 330 g/mol. The Morgan fingerprint density at radius 2 is 1.83 bits per heavy atom. The lowest BCUT2D eigenvalue weighted by Crippen LogP contribution is -2.49. The molecule has 0 aliphatic heterocycles. The number of urea groups is 1. The number of hydrogen-bond acceptors (Lipinski definition) is 2. The Bertz CT molecular complexity index is 517. The topological polar surface area (TPSA) is 61.4 Å². The number of alkyl halides is 3. The molecule has 2 rings (SSSR count). The molecule has 0 heterocycles. The van der Waals surface area contributed by atoms with E-state index in [0.717, 1.165) is 37.0 Å². The first-order chi connectivity index (χ1) is 10.9. The van der Waals surface area contributed by atoms with Gasteiger partial charge in [0, 0.05) is 6.54 Å². The van der Waals surface area contributed by atoms with E-state index < -0.39 is 17.8 Å². The maximum absolute atomic E-state index is 12.4. The van der Waals surface area contributed by atoms with Crippen LogP contribution in [0.15, 0.2) is 24.3 Å². The van der Waals surface area contributed by atoms with E-state index in [0.29, 0.717) is 19.4 Å². The van der Waals surface area contributed by atoms with Gasteiger partial charge in [0.25, 0.3) is 0 Å². The van der Waals surface area contributed by atoms with Crippen molar-refractivity contribution in [2.45, 2.75) is 50.4 Å². The molecule has 0 bridgehead atoms. The summed E-state index contributed by atoms with van der Waals surface area (Å²) in [6, 6.07) is 4.31. The molecule has 1 aromatic rings. The standard InChI is InChI=1S/C16H21F3N2O2/c17-16(18,19)12-7-5-11(6-8-12)9-10-20-15(23)21-13-3-1-2-4-14(13)22/h5-8,13-14,22H,1-4,9-10H2,(H2,20,21,23). The Kier molecular flexibility index (Phi) is 5.87. The molecular weight excluding hydrogens is 309 g/mol. The van der Waals surface area contributed by atoms with Gasteiger partial charge < -0.3 is 15.7 Å². The number of carbonyl (C=O) groups excluding carboxylic acids is 1. The maximum atomic E-state index is 12.4. The van der Waals surface area contributed by atoms with E-state index in [1.165, 1.54) is 12.1 Å². The average Bonchev–Trinajstić information content (AvgIpc) is 2.49. The Balaban J connectivity index is 1.73. The van der Waals surface area contributed by atoms with Crippen molar-refractivity contribution in [2.75, 3.05) is 6.54 Å². The first kappa shape index (κ1) is 17.6. The number of aliphatic hydroxyl groups is 1. The van der Waals surface area contributed by atoms with Gasteiger partial charge in [-0.2, -0.15) is 13.2 Å². The third kappa shape index (κ3) is 5.42. The predicted molar refractivity (Wildman–Crippen MR) is 79.9 cm³/mol. The number of rotatable bonds is 4. The fraction of sp³-hybridized carbons (Fsp3) is 0.562. The van der Waals surface area contributed by atoms with Gasteiger partial charge in [-0.05, 0) is 37.0 Å². The van der Waals surface area contributed by atoms with Crippen LogP contribution in [0, 0.1) is 0 Å². The molecule has 0 spiro atoms. The lowest BCUT2D eigenvalue weighted by molar-refractivity contribution is -0.137. The lowest BCUT2D eigenvalue weighted by Gasteiger charge is -2.28. The molecule has 1 saturated carbocycles. The van der Waals surface area contributed by atoms with Crippen LogP contribution >= 0.6 is 0 Å². The van der Waals surface area contributed by atoms with Gasteiger partial charge in [-0.1, -0.05) is 25.0 Å². The van der Waals surface area contributed by atoms with Crippen LogP contribution < -0.4 is 10.6 Å². The van der Waals surface area contributed by atoms with Gasteiger partial charge in [-0.15, -0.1) is 0 Å². The zero-order chi connectivity index (χ0) is 16.9. The summed E-state index contributed by atoms with van der Waals surface area (Å²) >= 11 is 0. The third-order valence-corrected chi connectivity index (χ3v) is 4.03. The molecule has 0 saturated heterocycles. The van der Waals surface area contributed by atoms with Gasteiger partial charge in [0.15, 0.2) is 0 Å². The van der Waals surface area contributed by atoms with Crippen molar-refractivity contribution in [1.82, 2.24) is 10.6 Å². The average molecular weight is 330 g/mol. The van der Waals surface area contributed by atoms with E-state index >= 15 is 0 Å². The molecule has 2 atom stereocenters. The molecular formula is C16H21F3N2O2. The van der Waals surface area contributed by atoms with E-state index in [1.807, 2.05) is 0 Å². The molecule has 0 aromatic heterocycles. The minimum absolute atomic E-state index is 0.227. The van der Waals surface area contributed by atoms with Crippen molar-refractivity contribution >= 4 is 6.03 Å². The fourth-order valence-corrected chi connectivity index (χ4v) is 2.68.